The van der Waals surface area contributed by atoms with Gasteiger partial charge < -0.3 is 18.9 Å². The van der Waals surface area contributed by atoms with Crippen molar-refractivity contribution in [2.24, 2.45) is 11.7 Å². The molecule has 0 amide bonds. The Morgan fingerprint density at radius 2 is 1.44 bits per heavy atom. The zero-order valence-corrected chi connectivity index (χ0v) is 11.1. The molecule has 0 heterocycles. The van der Waals surface area contributed by atoms with E-state index in [2.05, 4.69) is 17.8 Å². The topological polar surface area (TPSA) is 116 Å². The average molecular weight is 264 g/mol. The molecule has 0 rings (SSSR count). The second kappa shape index (κ2) is 18.6. The van der Waals surface area contributed by atoms with Gasteiger partial charge in [-0.3, -0.25) is 16.6 Å². The number of hydrazine groups is 1. The second-order valence-corrected chi connectivity index (χ2v) is 3.06. The van der Waals surface area contributed by atoms with Crippen LogP contribution in [0.25, 0.3) is 0 Å². The van der Waals surface area contributed by atoms with E-state index in [9.17, 15) is 0 Å². The third kappa shape index (κ3) is 15.2. The Morgan fingerprint density at radius 3 is 1.78 bits per heavy atom. The van der Waals surface area contributed by atoms with Gasteiger partial charge in [0.1, 0.15) is 13.6 Å². The van der Waals surface area contributed by atoms with Crippen LogP contribution < -0.4 is 11.7 Å². The van der Waals surface area contributed by atoms with Crippen LogP contribution in [-0.4, -0.2) is 65.6 Å². The van der Waals surface area contributed by atoms with Crippen LogP contribution in [-0.2, 0) is 18.9 Å². The minimum atomic E-state index is 0.278. The van der Waals surface area contributed by atoms with Gasteiger partial charge in [-0.05, 0) is 0 Å². The van der Waals surface area contributed by atoms with Crippen molar-refractivity contribution in [3.05, 3.63) is 0 Å². The van der Waals surface area contributed by atoms with Crippen molar-refractivity contribution in [1.82, 2.24) is 4.90 Å². The molecule has 0 aromatic heterocycles. The van der Waals surface area contributed by atoms with Gasteiger partial charge in [0.05, 0.1) is 25.8 Å². The average Bonchev–Trinajstić information content (AvgIpc) is 2.42. The lowest BCUT2D eigenvalue weighted by Gasteiger charge is -2.18. The fourth-order valence-corrected chi connectivity index (χ4v) is 1.04. The molecule has 0 aliphatic rings. The number of hydrogen-bond donors (Lipinski definition) is 2. The number of nitriles is 1. The minimum Gasteiger partial charge on any atom is -0.359 e. The molecule has 0 saturated carbocycles. The van der Waals surface area contributed by atoms with Crippen molar-refractivity contribution in [2.45, 2.75) is 0 Å². The third-order valence-electron chi connectivity index (χ3n) is 1.80. The molecule has 0 spiro atoms. The first-order chi connectivity index (χ1) is 8.85. The number of nitrogens with zero attached hydrogens (tertiary/aromatic N) is 2. The summed E-state index contributed by atoms with van der Waals surface area (Å²) in [6, 6.07) is 2.10. The molecular weight excluding hydrogens is 240 g/mol. The molecule has 108 valence electrons. The van der Waals surface area contributed by atoms with Gasteiger partial charge in [0.25, 0.3) is 0 Å². The van der Waals surface area contributed by atoms with E-state index in [4.69, 9.17) is 24.2 Å². The first kappa shape index (κ1) is 19.5. The summed E-state index contributed by atoms with van der Waals surface area (Å²) in [5, 5.41) is 8.62. The molecule has 0 atom stereocenters. The molecule has 8 nitrogen and oxygen atoms in total. The molecule has 0 bridgehead atoms. The second-order valence-electron chi connectivity index (χ2n) is 3.06. The predicted molar refractivity (Wildman–Crippen MR) is 66.1 cm³/mol. The Hall–Kier alpha value is -0.790. The monoisotopic (exact) mass is 264 g/mol. The summed E-state index contributed by atoms with van der Waals surface area (Å²) in [6.45, 7) is 3.38. The smallest absolute Gasteiger partial charge is 0.146 e. The molecule has 0 aliphatic carbocycles. The van der Waals surface area contributed by atoms with Crippen LogP contribution >= 0.6 is 0 Å². The molecule has 18 heavy (non-hydrogen) atoms. The highest BCUT2D eigenvalue weighted by atomic mass is 16.7. The van der Waals surface area contributed by atoms with E-state index in [1.165, 1.54) is 0 Å². The Bertz CT molecular complexity index is 177. The van der Waals surface area contributed by atoms with Gasteiger partial charge >= 0.3 is 0 Å². The van der Waals surface area contributed by atoms with Crippen molar-refractivity contribution >= 4 is 0 Å². The van der Waals surface area contributed by atoms with E-state index in [1.54, 1.807) is 14.2 Å². The normalized spacial score (nSPS) is 9.78. The lowest BCUT2D eigenvalue weighted by atomic mass is 10.4. The highest BCUT2D eigenvalue weighted by Gasteiger charge is 2.03. The summed E-state index contributed by atoms with van der Waals surface area (Å²) in [6.07, 6.45) is 0. The predicted octanol–water partition coefficient (Wildman–Crippen LogP) is -1.13. The number of nitrogens with two attached hydrogens (primary N) is 2. The van der Waals surface area contributed by atoms with Gasteiger partial charge in [0.2, 0.25) is 0 Å². The summed E-state index contributed by atoms with van der Waals surface area (Å²) in [7, 11) is 3.15. The molecular formula is C10H24N4O4. The molecule has 0 unspecified atom stereocenters. The van der Waals surface area contributed by atoms with E-state index in [1.807, 2.05) is 4.90 Å². The van der Waals surface area contributed by atoms with Gasteiger partial charge in [-0.25, -0.2) is 0 Å². The molecule has 0 aromatic rings. The zero-order chi connectivity index (χ0) is 14.1. The molecule has 0 fully saturated rings. The molecule has 0 aliphatic heterocycles. The molecule has 8 heteroatoms. The Labute approximate surface area is 108 Å². The van der Waals surface area contributed by atoms with E-state index < -0.39 is 0 Å². The van der Waals surface area contributed by atoms with Crippen molar-refractivity contribution < 1.29 is 18.9 Å². The van der Waals surface area contributed by atoms with Gasteiger partial charge in [-0.1, -0.05) is 0 Å². The van der Waals surface area contributed by atoms with Crippen molar-refractivity contribution in [2.75, 3.05) is 60.7 Å². The summed E-state index contributed by atoms with van der Waals surface area (Å²) < 4.78 is 19.8. The maximum absolute atomic E-state index is 8.62. The summed E-state index contributed by atoms with van der Waals surface area (Å²) in [5.41, 5.74) is 0. The van der Waals surface area contributed by atoms with E-state index in [0.717, 1.165) is 0 Å². The van der Waals surface area contributed by atoms with Crippen LogP contribution in [0, 0.1) is 11.3 Å². The largest absolute Gasteiger partial charge is 0.359 e. The van der Waals surface area contributed by atoms with Crippen molar-refractivity contribution in [3.63, 3.8) is 0 Å². The lowest BCUT2D eigenvalue weighted by molar-refractivity contribution is -0.0473. The molecule has 0 radical (unpaired) electrons. The number of methoxy groups -OCH3 is 2. The van der Waals surface area contributed by atoms with Crippen molar-refractivity contribution in [3.8, 4) is 6.07 Å². The number of hydrogen-bond acceptors (Lipinski definition) is 8. The number of ether oxygens (including phenoxy) is 4. The van der Waals surface area contributed by atoms with Crippen LogP contribution in [0.4, 0.5) is 0 Å². The maximum atomic E-state index is 8.62. The van der Waals surface area contributed by atoms with Gasteiger partial charge in [-0.2, -0.15) is 5.26 Å². The van der Waals surface area contributed by atoms with Gasteiger partial charge in [-0.15, -0.1) is 0 Å². The standard InChI is InChI=1S/C10H20N2O4.H4N2/c1-13-9-15-7-5-12(4-3-11)6-8-16-10-14-2;1-2/h4-10H2,1-2H3;1-2H2. The van der Waals surface area contributed by atoms with Crippen LogP contribution in [0.15, 0.2) is 0 Å². The SMILES string of the molecule is COCOCCN(CC#N)CCOCOC.NN. The Balaban J connectivity index is 0. The maximum Gasteiger partial charge on any atom is 0.146 e. The molecule has 0 aromatic carbocycles. The van der Waals surface area contributed by atoms with E-state index in [0.29, 0.717) is 32.8 Å². The Kier molecular flexibility index (Phi) is 20.2. The quantitative estimate of drug-likeness (QED) is 0.158. The first-order valence-electron chi connectivity index (χ1n) is 5.41. The minimum absolute atomic E-state index is 0.278. The highest BCUT2D eigenvalue weighted by molar-refractivity contribution is 4.76. The van der Waals surface area contributed by atoms with Crippen LogP contribution in [0.3, 0.4) is 0 Å². The van der Waals surface area contributed by atoms with E-state index >= 15 is 0 Å². The number of rotatable bonds is 11. The molecule has 4 N–H and O–H groups in total. The third-order valence-corrected chi connectivity index (χ3v) is 1.80. The summed E-state index contributed by atoms with van der Waals surface area (Å²) in [5.74, 6) is 8.00. The summed E-state index contributed by atoms with van der Waals surface area (Å²) >= 11 is 0. The fourth-order valence-electron chi connectivity index (χ4n) is 1.04. The van der Waals surface area contributed by atoms with E-state index in [-0.39, 0.29) is 13.6 Å². The zero-order valence-electron chi connectivity index (χ0n) is 11.1. The van der Waals surface area contributed by atoms with Gasteiger partial charge in [0.15, 0.2) is 0 Å². The first-order valence-corrected chi connectivity index (χ1v) is 5.41. The van der Waals surface area contributed by atoms with Crippen LogP contribution in [0.5, 0.6) is 0 Å². The van der Waals surface area contributed by atoms with Crippen LogP contribution in [0.1, 0.15) is 0 Å². The fraction of sp³-hybridized carbons (Fsp3) is 0.900. The highest BCUT2D eigenvalue weighted by Crippen LogP contribution is 1.89. The van der Waals surface area contributed by atoms with Crippen LogP contribution in [0.2, 0.25) is 0 Å². The Morgan fingerprint density at radius 1 is 1.00 bits per heavy atom. The summed E-state index contributed by atoms with van der Waals surface area (Å²) in [4.78, 5) is 1.95. The van der Waals surface area contributed by atoms with Crippen molar-refractivity contribution in [1.29, 1.82) is 5.26 Å². The van der Waals surface area contributed by atoms with Gasteiger partial charge in [0, 0.05) is 27.3 Å². The molecule has 0 saturated heterocycles. The lowest BCUT2D eigenvalue weighted by Crippen LogP contribution is -2.31.